The third-order valence-electron chi connectivity index (χ3n) is 3.14. The topological polar surface area (TPSA) is 84.5 Å². The van der Waals surface area contributed by atoms with Crippen molar-refractivity contribution in [3.8, 4) is 0 Å². The van der Waals surface area contributed by atoms with Crippen molar-refractivity contribution < 1.29 is 18.0 Å². The van der Waals surface area contributed by atoms with Crippen LogP contribution in [0.2, 0.25) is 0 Å². The first kappa shape index (κ1) is 17.9. The lowest BCUT2D eigenvalue weighted by molar-refractivity contribution is -0.129. The molecule has 0 unspecified atom stereocenters. The summed E-state index contributed by atoms with van der Waals surface area (Å²) in [6.45, 7) is 0.275. The molecule has 0 aliphatic rings. The van der Waals surface area contributed by atoms with E-state index in [1.54, 1.807) is 18.2 Å². The monoisotopic (exact) mass is 346 g/mol. The van der Waals surface area contributed by atoms with E-state index >= 15 is 0 Å². The van der Waals surface area contributed by atoms with Gasteiger partial charge in [-0.25, -0.2) is 18.6 Å². The van der Waals surface area contributed by atoms with Crippen LogP contribution in [-0.4, -0.2) is 21.4 Å². The predicted molar refractivity (Wildman–Crippen MR) is 91.1 cm³/mol. The fourth-order valence-corrected chi connectivity index (χ4v) is 2.58. The molecule has 0 bridgehead atoms. The van der Waals surface area contributed by atoms with Crippen molar-refractivity contribution in [3.05, 3.63) is 71.8 Å². The van der Waals surface area contributed by atoms with Gasteiger partial charge in [0.25, 0.3) is 5.91 Å². The molecule has 2 aromatic carbocycles. The van der Waals surface area contributed by atoms with E-state index in [1.165, 1.54) is 25.3 Å². The molecule has 2 rings (SSSR count). The first-order valence-corrected chi connectivity index (χ1v) is 8.67. The third kappa shape index (κ3) is 5.31. The molecule has 6 nitrogen and oxygen atoms in total. The Balaban J connectivity index is 1.85. The van der Waals surface area contributed by atoms with Crippen LogP contribution in [0.1, 0.15) is 11.1 Å². The highest BCUT2D eigenvalue weighted by atomic mass is 32.2. The summed E-state index contributed by atoms with van der Waals surface area (Å²) in [5, 5.41) is 0. The average Bonchev–Trinajstić information content (AvgIpc) is 2.61. The first-order valence-electron chi connectivity index (χ1n) is 7.18. The zero-order valence-corrected chi connectivity index (χ0v) is 13.9. The van der Waals surface area contributed by atoms with Crippen LogP contribution in [0.5, 0.6) is 0 Å². The van der Waals surface area contributed by atoms with Gasteiger partial charge in [0.05, 0.1) is 11.5 Å². The van der Waals surface area contributed by atoms with Crippen LogP contribution in [0.25, 0.3) is 6.08 Å². The molecule has 126 valence electrons. The molecule has 0 atom stereocenters. The van der Waals surface area contributed by atoms with Gasteiger partial charge in [-0.05, 0) is 36.4 Å². The molecule has 2 N–H and O–H groups in total. The number of carbonyl (C=O) groups excluding carboxylic acids is 1. The van der Waals surface area contributed by atoms with E-state index in [4.69, 9.17) is 4.84 Å². The molecule has 0 aromatic heterocycles. The number of hydrogen-bond acceptors (Lipinski definition) is 4. The Kier molecular flexibility index (Phi) is 6.25. The minimum absolute atomic E-state index is 0.165. The van der Waals surface area contributed by atoms with Gasteiger partial charge in [0.1, 0.15) is 0 Å². The first-order chi connectivity index (χ1) is 11.5. The van der Waals surface area contributed by atoms with Gasteiger partial charge in [0, 0.05) is 6.08 Å². The Morgan fingerprint density at radius 1 is 1.08 bits per heavy atom. The van der Waals surface area contributed by atoms with Gasteiger partial charge in [0.15, 0.2) is 0 Å². The van der Waals surface area contributed by atoms with Gasteiger partial charge in [0.2, 0.25) is 10.0 Å². The number of amides is 1. The summed E-state index contributed by atoms with van der Waals surface area (Å²) in [6, 6.07) is 15.6. The lowest BCUT2D eigenvalue weighted by Crippen LogP contribution is -2.21. The number of nitrogens with one attached hydrogen (secondary N) is 2. The number of carbonyl (C=O) groups is 1. The average molecular weight is 346 g/mol. The smallest absolute Gasteiger partial charge is 0.267 e. The minimum atomic E-state index is -3.46. The highest BCUT2D eigenvalue weighted by Gasteiger charge is 2.09. The summed E-state index contributed by atoms with van der Waals surface area (Å²) < 4.78 is 25.4. The van der Waals surface area contributed by atoms with Crippen LogP contribution in [0.3, 0.4) is 0 Å². The molecule has 0 saturated heterocycles. The number of benzene rings is 2. The molecule has 0 saturated carbocycles. The molecule has 0 heterocycles. The Bertz CT molecular complexity index is 800. The third-order valence-corrected chi connectivity index (χ3v) is 4.57. The van der Waals surface area contributed by atoms with Gasteiger partial charge < -0.3 is 0 Å². The van der Waals surface area contributed by atoms with E-state index in [2.05, 4.69) is 10.2 Å². The molecule has 24 heavy (non-hydrogen) atoms. The molecule has 0 radical (unpaired) electrons. The number of rotatable bonds is 7. The van der Waals surface area contributed by atoms with E-state index in [-0.39, 0.29) is 11.5 Å². The van der Waals surface area contributed by atoms with Crippen molar-refractivity contribution in [2.45, 2.75) is 11.5 Å². The van der Waals surface area contributed by atoms with Gasteiger partial charge in [-0.15, -0.1) is 0 Å². The Labute approximate surface area is 141 Å². The zero-order valence-electron chi connectivity index (χ0n) is 13.1. The van der Waals surface area contributed by atoms with Crippen LogP contribution in [-0.2, 0) is 26.3 Å². The summed E-state index contributed by atoms with van der Waals surface area (Å²) in [7, 11) is -2.11. The van der Waals surface area contributed by atoms with E-state index < -0.39 is 15.9 Å². The van der Waals surface area contributed by atoms with Crippen molar-refractivity contribution in [3.63, 3.8) is 0 Å². The molecule has 7 heteroatoms. The van der Waals surface area contributed by atoms with Crippen molar-refractivity contribution in [2.24, 2.45) is 0 Å². The lowest BCUT2D eigenvalue weighted by atomic mass is 10.2. The summed E-state index contributed by atoms with van der Waals surface area (Å²) in [5.41, 5.74) is 3.96. The Hall–Kier alpha value is -2.48. The maximum atomic E-state index is 11.7. The van der Waals surface area contributed by atoms with Crippen LogP contribution in [0.15, 0.2) is 65.6 Å². The highest BCUT2D eigenvalue weighted by molar-refractivity contribution is 7.89. The van der Waals surface area contributed by atoms with Gasteiger partial charge >= 0.3 is 0 Å². The van der Waals surface area contributed by atoms with Crippen molar-refractivity contribution in [2.75, 3.05) is 7.05 Å². The number of hydrogen-bond donors (Lipinski definition) is 2. The normalized spacial score (nSPS) is 11.5. The highest BCUT2D eigenvalue weighted by Crippen LogP contribution is 2.11. The van der Waals surface area contributed by atoms with Gasteiger partial charge in [-0.2, -0.15) is 0 Å². The van der Waals surface area contributed by atoms with Crippen LogP contribution < -0.4 is 10.2 Å². The second-order valence-electron chi connectivity index (χ2n) is 4.85. The van der Waals surface area contributed by atoms with Crippen molar-refractivity contribution in [1.82, 2.24) is 10.2 Å². The summed E-state index contributed by atoms with van der Waals surface area (Å²) in [6.07, 6.45) is 2.88. The SMILES string of the molecule is CNS(=O)(=O)c1ccc(/C=C\C(=O)NOCc2ccccc2)cc1. The summed E-state index contributed by atoms with van der Waals surface area (Å²) >= 11 is 0. The zero-order chi connectivity index (χ0) is 17.4. The lowest BCUT2D eigenvalue weighted by Gasteiger charge is -2.04. The fourth-order valence-electron chi connectivity index (χ4n) is 1.85. The van der Waals surface area contributed by atoms with E-state index in [0.29, 0.717) is 5.56 Å². The Morgan fingerprint density at radius 3 is 2.38 bits per heavy atom. The van der Waals surface area contributed by atoms with Gasteiger partial charge in [-0.1, -0.05) is 42.5 Å². The molecular formula is C17H18N2O4S. The van der Waals surface area contributed by atoms with Crippen LogP contribution >= 0.6 is 0 Å². The maximum absolute atomic E-state index is 11.7. The summed E-state index contributed by atoms with van der Waals surface area (Å²) in [5.74, 6) is -0.405. The quantitative estimate of drug-likeness (QED) is 0.592. The molecule has 0 aliphatic heterocycles. The van der Waals surface area contributed by atoms with E-state index in [1.807, 2.05) is 30.3 Å². The maximum Gasteiger partial charge on any atom is 0.267 e. The summed E-state index contributed by atoms with van der Waals surface area (Å²) in [4.78, 5) is 16.9. The van der Waals surface area contributed by atoms with E-state index in [9.17, 15) is 13.2 Å². The van der Waals surface area contributed by atoms with Crippen LogP contribution in [0.4, 0.5) is 0 Å². The van der Waals surface area contributed by atoms with Crippen molar-refractivity contribution in [1.29, 1.82) is 0 Å². The largest absolute Gasteiger partial charge is 0.269 e. The number of sulfonamides is 1. The second kappa shape index (κ2) is 8.39. The molecule has 2 aromatic rings. The molecule has 0 fully saturated rings. The molecule has 1 amide bonds. The molecular weight excluding hydrogens is 328 g/mol. The predicted octanol–water partition coefficient (Wildman–Crippen LogP) is 1.86. The number of hydroxylamine groups is 1. The fraction of sp³-hybridized carbons (Fsp3) is 0.118. The van der Waals surface area contributed by atoms with Crippen molar-refractivity contribution >= 4 is 22.0 Å². The molecule has 0 spiro atoms. The second-order valence-corrected chi connectivity index (χ2v) is 6.74. The Morgan fingerprint density at radius 2 is 1.75 bits per heavy atom. The standard InChI is InChI=1S/C17H18N2O4S/c1-18-24(21,22)16-10-7-14(8-11-16)9-12-17(20)19-23-13-15-5-3-2-4-6-15/h2-12,18H,13H2,1H3,(H,19,20)/b12-9-. The van der Waals surface area contributed by atoms with E-state index in [0.717, 1.165) is 5.56 Å². The minimum Gasteiger partial charge on any atom is -0.269 e. The van der Waals surface area contributed by atoms with Crippen LogP contribution in [0, 0.1) is 0 Å². The van der Waals surface area contributed by atoms with Gasteiger partial charge in [-0.3, -0.25) is 9.63 Å². The molecule has 0 aliphatic carbocycles.